The second-order valence-corrected chi connectivity index (χ2v) is 6.12. The van der Waals surface area contributed by atoms with E-state index in [2.05, 4.69) is 20.2 Å². The van der Waals surface area contributed by atoms with Gasteiger partial charge in [-0.1, -0.05) is 0 Å². The highest BCUT2D eigenvalue weighted by Gasteiger charge is 2.14. The molecule has 1 fully saturated rings. The Morgan fingerprint density at radius 3 is 2.76 bits per heavy atom. The van der Waals surface area contributed by atoms with Gasteiger partial charge in [0.25, 0.3) is 0 Å². The number of hydrogen-bond acceptors (Lipinski definition) is 3. The molecule has 0 unspecified atom stereocenters. The predicted molar refractivity (Wildman–Crippen MR) is 95.7 cm³/mol. The van der Waals surface area contributed by atoms with Gasteiger partial charge in [0, 0.05) is 24.8 Å². The number of benzene rings is 1. The Hall–Kier alpha value is -2.70. The van der Waals surface area contributed by atoms with Crippen molar-refractivity contribution in [3.05, 3.63) is 53.2 Å². The number of guanidine groups is 1. The summed E-state index contributed by atoms with van der Waals surface area (Å²) >= 11 is 0. The fourth-order valence-electron chi connectivity index (χ4n) is 2.87. The third-order valence-electron chi connectivity index (χ3n) is 4.05. The average Bonchev–Trinajstić information content (AvgIpc) is 3.10. The minimum Gasteiger partial charge on any atom is -0.370 e. The van der Waals surface area contributed by atoms with Crippen molar-refractivity contribution in [3.63, 3.8) is 0 Å². The van der Waals surface area contributed by atoms with E-state index in [4.69, 9.17) is 5.73 Å². The van der Waals surface area contributed by atoms with Crippen molar-refractivity contribution in [1.29, 1.82) is 0 Å². The van der Waals surface area contributed by atoms with Crippen LogP contribution in [0.4, 0.5) is 20.3 Å². The van der Waals surface area contributed by atoms with Crippen molar-refractivity contribution in [3.8, 4) is 0 Å². The Kier molecular flexibility index (Phi) is 5.11. The van der Waals surface area contributed by atoms with Crippen LogP contribution in [0, 0.1) is 18.6 Å². The number of aromatic nitrogens is 1. The van der Waals surface area contributed by atoms with Gasteiger partial charge in [-0.25, -0.2) is 18.8 Å². The van der Waals surface area contributed by atoms with E-state index in [1.165, 1.54) is 12.8 Å². The number of rotatable bonds is 4. The Balaban J connectivity index is 1.71. The lowest BCUT2D eigenvalue weighted by Crippen LogP contribution is -2.23. The number of halogens is 2. The fourth-order valence-corrected chi connectivity index (χ4v) is 2.87. The van der Waals surface area contributed by atoms with Gasteiger partial charge in [-0.3, -0.25) is 0 Å². The summed E-state index contributed by atoms with van der Waals surface area (Å²) in [6, 6.07) is 7.07. The maximum atomic E-state index is 13.6. The van der Waals surface area contributed by atoms with Crippen molar-refractivity contribution >= 4 is 17.5 Å². The van der Waals surface area contributed by atoms with Gasteiger partial charge in [0.15, 0.2) is 5.96 Å². The maximum absolute atomic E-state index is 13.6. The zero-order chi connectivity index (χ0) is 17.8. The highest BCUT2D eigenvalue weighted by Crippen LogP contribution is 2.20. The summed E-state index contributed by atoms with van der Waals surface area (Å²) in [5.41, 5.74) is 7.64. The summed E-state index contributed by atoms with van der Waals surface area (Å²) in [5, 5.41) is 2.59. The third-order valence-corrected chi connectivity index (χ3v) is 4.05. The molecule has 0 saturated carbocycles. The standard InChI is InChI=1S/C18H21F2N5/c1-12-8-13(9-17(23-12)25-6-2-3-7-25)11-22-18(21)24-16-10-14(19)4-5-15(16)20/h4-5,8-10H,2-3,6-7,11H2,1H3,(H3,21,22,24). The van der Waals surface area contributed by atoms with Crippen LogP contribution in [-0.4, -0.2) is 24.0 Å². The van der Waals surface area contributed by atoms with E-state index < -0.39 is 11.6 Å². The van der Waals surface area contributed by atoms with Crippen molar-refractivity contribution < 1.29 is 8.78 Å². The van der Waals surface area contributed by atoms with E-state index in [0.717, 1.165) is 48.4 Å². The van der Waals surface area contributed by atoms with E-state index in [9.17, 15) is 8.78 Å². The maximum Gasteiger partial charge on any atom is 0.193 e. The van der Waals surface area contributed by atoms with Crippen LogP contribution in [0.25, 0.3) is 0 Å². The molecule has 0 radical (unpaired) electrons. The van der Waals surface area contributed by atoms with E-state index in [1.807, 2.05) is 19.1 Å². The van der Waals surface area contributed by atoms with Crippen LogP contribution in [0.5, 0.6) is 0 Å². The first kappa shape index (κ1) is 17.1. The molecule has 1 aliphatic heterocycles. The second-order valence-electron chi connectivity index (χ2n) is 6.12. The molecule has 1 saturated heterocycles. The first-order valence-corrected chi connectivity index (χ1v) is 8.26. The second kappa shape index (κ2) is 7.46. The molecule has 0 bridgehead atoms. The largest absolute Gasteiger partial charge is 0.370 e. The first-order chi connectivity index (χ1) is 12.0. The lowest BCUT2D eigenvalue weighted by Gasteiger charge is -2.17. The van der Waals surface area contributed by atoms with Gasteiger partial charge in [-0.2, -0.15) is 0 Å². The molecule has 25 heavy (non-hydrogen) atoms. The molecule has 2 heterocycles. The lowest BCUT2D eigenvalue weighted by atomic mass is 10.2. The van der Waals surface area contributed by atoms with Gasteiger partial charge in [0.2, 0.25) is 0 Å². The van der Waals surface area contributed by atoms with E-state index >= 15 is 0 Å². The number of nitrogens with two attached hydrogens (primary N) is 1. The molecule has 132 valence electrons. The summed E-state index contributed by atoms with van der Waals surface area (Å²) < 4.78 is 26.8. The molecule has 7 heteroatoms. The summed E-state index contributed by atoms with van der Waals surface area (Å²) in [6.07, 6.45) is 2.36. The monoisotopic (exact) mass is 345 g/mol. The van der Waals surface area contributed by atoms with Crippen LogP contribution in [0.2, 0.25) is 0 Å². The number of aryl methyl sites for hydroxylation is 1. The molecule has 3 N–H and O–H groups in total. The zero-order valence-corrected chi connectivity index (χ0v) is 14.1. The number of anilines is 2. The minimum absolute atomic E-state index is 0.0293. The van der Waals surface area contributed by atoms with Crippen molar-refractivity contribution in [1.82, 2.24) is 4.98 Å². The molecule has 3 rings (SSSR count). The van der Waals surface area contributed by atoms with Crippen LogP contribution in [0.1, 0.15) is 24.1 Å². The highest BCUT2D eigenvalue weighted by atomic mass is 19.1. The molecule has 2 aromatic rings. The van der Waals surface area contributed by atoms with Crippen LogP contribution < -0.4 is 16.0 Å². The molecule has 1 aliphatic rings. The lowest BCUT2D eigenvalue weighted by molar-refractivity contribution is 0.604. The predicted octanol–water partition coefficient (Wildman–Crippen LogP) is 3.20. The Labute approximate surface area is 145 Å². The van der Waals surface area contributed by atoms with Gasteiger partial charge >= 0.3 is 0 Å². The zero-order valence-electron chi connectivity index (χ0n) is 14.1. The van der Waals surface area contributed by atoms with Gasteiger partial charge in [-0.15, -0.1) is 0 Å². The van der Waals surface area contributed by atoms with E-state index in [1.54, 1.807) is 0 Å². The summed E-state index contributed by atoms with van der Waals surface area (Å²) in [4.78, 5) is 11.0. The number of hydrogen-bond donors (Lipinski definition) is 2. The van der Waals surface area contributed by atoms with Gasteiger partial charge < -0.3 is 16.0 Å². The van der Waals surface area contributed by atoms with E-state index in [-0.39, 0.29) is 11.6 Å². The molecular weight excluding hydrogens is 324 g/mol. The SMILES string of the molecule is Cc1cc(CN=C(N)Nc2cc(F)ccc2F)cc(N2CCCC2)n1. The van der Waals surface area contributed by atoms with Gasteiger partial charge in [-0.05, 0) is 49.6 Å². The molecule has 5 nitrogen and oxygen atoms in total. The minimum atomic E-state index is -0.587. The molecule has 0 spiro atoms. The Bertz CT molecular complexity index is 785. The summed E-state index contributed by atoms with van der Waals surface area (Å²) in [7, 11) is 0. The van der Waals surface area contributed by atoms with Crippen LogP contribution >= 0.6 is 0 Å². The normalized spacial score (nSPS) is 14.8. The third kappa shape index (κ3) is 4.43. The molecule has 0 amide bonds. The first-order valence-electron chi connectivity index (χ1n) is 8.26. The summed E-state index contributed by atoms with van der Waals surface area (Å²) in [5.74, 6) is -0.153. The molecule has 0 atom stereocenters. The average molecular weight is 345 g/mol. The smallest absolute Gasteiger partial charge is 0.193 e. The van der Waals surface area contributed by atoms with Crippen LogP contribution in [0.3, 0.4) is 0 Å². The number of pyridine rings is 1. The fraction of sp³-hybridized carbons (Fsp3) is 0.333. The number of aliphatic imine (C=N–C) groups is 1. The topological polar surface area (TPSA) is 66.5 Å². The quantitative estimate of drug-likeness (QED) is 0.660. The highest BCUT2D eigenvalue weighted by molar-refractivity contribution is 5.92. The van der Waals surface area contributed by atoms with Gasteiger partial charge in [0.05, 0.1) is 12.2 Å². The number of nitrogens with zero attached hydrogens (tertiary/aromatic N) is 3. The van der Waals surface area contributed by atoms with Crippen LogP contribution in [0.15, 0.2) is 35.3 Å². The molecular formula is C18H21F2N5. The Morgan fingerprint density at radius 1 is 1.24 bits per heavy atom. The molecule has 0 aliphatic carbocycles. The number of nitrogens with one attached hydrogen (secondary N) is 1. The Morgan fingerprint density at radius 2 is 2.00 bits per heavy atom. The molecule has 1 aromatic carbocycles. The molecule has 1 aromatic heterocycles. The van der Waals surface area contributed by atoms with Crippen molar-refractivity contribution in [2.75, 3.05) is 23.3 Å². The van der Waals surface area contributed by atoms with Crippen LogP contribution in [-0.2, 0) is 6.54 Å². The van der Waals surface area contributed by atoms with E-state index in [0.29, 0.717) is 6.54 Å². The van der Waals surface area contributed by atoms with Crippen molar-refractivity contribution in [2.45, 2.75) is 26.3 Å². The van der Waals surface area contributed by atoms with Gasteiger partial charge in [0.1, 0.15) is 17.5 Å². The summed E-state index contributed by atoms with van der Waals surface area (Å²) in [6.45, 7) is 4.31. The van der Waals surface area contributed by atoms with Crippen molar-refractivity contribution in [2.24, 2.45) is 10.7 Å².